The average Bonchev–Trinajstić information content (AvgIpc) is 2.87. The van der Waals surface area contributed by atoms with Crippen LogP contribution >= 0.6 is 15.2 Å². The van der Waals surface area contributed by atoms with Crippen LogP contribution in [0.15, 0.2) is 37.8 Å². The van der Waals surface area contributed by atoms with Crippen molar-refractivity contribution >= 4 is 21.2 Å². The predicted octanol–water partition coefficient (Wildman–Crippen LogP) is 0.0974. The van der Waals surface area contributed by atoms with Gasteiger partial charge in [0.2, 0.25) is 0 Å². The first kappa shape index (κ1) is 22.5. The molecule has 26 heavy (non-hydrogen) atoms. The normalized spacial score (nSPS) is 16.1. The van der Waals surface area contributed by atoms with Gasteiger partial charge in [-0.15, -0.1) is 13.2 Å². The highest BCUT2D eigenvalue weighted by molar-refractivity contribution is 7.53. The molecule has 13 heteroatoms. The number of aliphatic carboxylic acids is 1. The summed E-state index contributed by atoms with van der Waals surface area (Å²) in [5, 5.41) is 9.58. The van der Waals surface area contributed by atoms with Gasteiger partial charge in [0.25, 0.3) is 0 Å². The Bertz CT molecular complexity index is 733. The van der Waals surface area contributed by atoms with E-state index in [9.17, 15) is 38.6 Å². The molecule has 0 spiro atoms. The van der Waals surface area contributed by atoms with Crippen LogP contribution in [0.25, 0.3) is 0 Å². The Hall–Kier alpha value is -1.58. The molecule has 0 aromatic carbocycles. The van der Waals surface area contributed by atoms with Crippen LogP contribution in [0, 0.1) is 0 Å². The van der Waals surface area contributed by atoms with Crippen molar-refractivity contribution in [1.82, 2.24) is 14.5 Å². The number of aryl methyl sites for hydroxylation is 1. The SMILES string of the molecule is C=CC(N(C(Cc1cn(C)cn1)C(=O)O)C(C=C)P(=O)(O)O)P(=O)(O)O. The van der Waals surface area contributed by atoms with E-state index in [2.05, 4.69) is 18.1 Å². The van der Waals surface area contributed by atoms with Crippen molar-refractivity contribution in [2.75, 3.05) is 0 Å². The summed E-state index contributed by atoms with van der Waals surface area (Å²) < 4.78 is 25.2. The minimum absolute atomic E-state index is 0.256. The summed E-state index contributed by atoms with van der Waals surface area (Å²) in [4.78, 5) is 54.5. The topological polar surface area (TPSA) is 173 Å². The Labute approximate surface area is 149 Å². The van der Waals surface area contributed by atoms with E-state index < -0.39 is 38.8 Å². The van der Waals surface area contributed by atoms with Crippen LogP contribution in [0.5, 0.6) is 0 Å². The van der Waals surface area contributed by atoms with E-state index in [4.69, 9.17) is 0 Å². The summed E-state index contributed by atoms with van der Waals surface area (Å²) in [5.74, 6) is -5.46. The van der Waals surface area contributed by atoms with Gasteiger partial charge in [-0.1, -0.05) is 12.2 Å². The molecule has 146 valence electrons. The Balaban J connectivity index is 3.53. The summed E-state index contributed by atoms with van der Waals surface area (Å²) in [6, 6.07) is -1.71. The van der Waals surface area contributed by atoms with Gasteiger partial charge < -0.3 is 29.2 Å². The molecule has 3 atom stereocenters. The summed E-state index contributed by atoms with van der Waals surface area (Å²) in [6.07, 6.45) is 4.02. The summed E-state index contributed by atoms with van der Waals surface area (Å²) >= 11 is 0. The molecule has 1 rings (SSSR count). The van der Waals surface area contributed by atoms with Crippen molar-refractivity contribution in [1.29, 1.82) is 0 Å². The van der Waals surface area contributed by atoms with E-state index in [-0.39, 0.29) is 12.1 Å². The van der Waals surface area contributed by atoms with Crippen LogP contribution in [-0.4, -0.2) is 62.7 Å². The Morgan fingerprint density at radius 1 is 1.23 bits per heavy atom. The van der Waals surface area contributed by atoms with Gasteiger partial charge in [0.05, 0.1) is 12.0 Å². The number of imidazole rings is 1. The third kappa shape index (κ3) is 5.46. The standard InChI is InChI=1S/C13H21N3O8P2/c1-4-11(25(19,20)21)16(12(5-2)26(22,23)24)10(13(17)18)6-9-7-15(3)8-14-9/h4-5,7-8,10-12H,1-2,6H2,3H3,(H,17,18)(H2,19,20,21)(H2,22,23,24). The van der Waals surface area contributed by atoms with Gasteiger partial charge in [0, 0.05) is 19.7 Å². The largest absolute Gasteiger partial charge is 0.480 e. The predicted molar refractivity (Wildman–Crippen MR) is 92.2 cm³/mol. The lowest BCUT2D eigenvalue weighted by molar-refractivity contribution is -0.143. The van der Waals surface area contributed by atoms with Crippen molar-refractivity contribution in [2.24, 2.45) is 7.05 Å². The lowest BCUT2D eigenvalue weighted by atomic mass is 10.1. The smallest absolute Gasteiger partial charge is 0.346 e. The molecule has 1 heterocycles. The third-order valence-corrected chi connectivity index (χ3v) is 5.86. The number of carbonyl (C=O) groups is 1. The first-order valence-corrected chi connectivity index (χ1v) is 10.5. The fourth-order valence-electron chi connectivity index (χ4n) is 2.48. The molecule has 1 aromatic heterocycles. The first-order chi connectivity index (χ1) is 11.8. The first-order valence-electron chi connectivity index (χ1n) is 7.15. The monoisotopic (exact) mass is 409 g/mol. The van der Waals surface area contributed by atoms with Gasteiger partial charge in [-0.2, -0.15) is 0 Å². The molecule has 0 amide bonds. The molecule has 3 unspecified atom stereocenters. The lowest BCUT2D eigenvalue weighted by Gasteiger charge is -2.38. The molecule has 0 aliphatic carbocycles. The molecule has 0 saturated carbocycles. The number of aromatic nitrogens is 2. The van der Waals surface area contributed by atoms with Crippen LogP contribution in [0.2, 0.25) is 0 Å². The summed E-state index contributed by atoms with van der Waals surface area (Å²) in [5.41, 5.74) is 0.256. The zero-order valence-electron chi connectivity index (χ0n) is 13.9. The molecular formula is C13H21N3O8P2. The van der Waals surface area contributed by atoms with Crippen molar-refractivity contribution < 1.29 is 38.6 Å². The van der Waals surface area contributed by atoms with Crippen molar-refractivity contribution in [3.05, 3.63) is 43.5 Å². The van der Waals surface area contributed by atoms with E-state index in [1.807, 2.05) is 0 Å². The van der Waals surface area contributed by atoms with E-state index in [1.54, 1.807) is 7.05 Å². The molecule has 11 nitrogen and oxygen atoms in total. The summed E-state index contributed by atoms with van der Waals surface area (Å²) in [7, 11) is -8.43. The van der Waals surface area contributed by atoms with E-state index in [0.29, 0.717) is 4.90 Å². The van der Waals surface area contributed by atoms with Crippen LogP contribution in [-0.2, 0) is 27.4 Å². The third-order valence-electron chi connectivity index (χ3n) is 3.53. The van der Waals surface area contributed by atoms with Crippen molar-refractivity contribution in [3.63, 3.8) is 0 Å². The average molecular weight is 409 g/mol. The Morgan fingerprint density at radius 3 is 1.96 bits per heavy atom. The molecule has 0 aliphatic heterocycles. The molecule has 0 bridgehead atoms. The maximum absolute atomic E-state index is 11.8. The fraction of sp³-hybridized carbons (Fsp3) is 0.385. The number of nitrogens with zero attached hydrogens (tertiary/aromatic N) is 3. The second-order valence-electron chi connectivity index (χ2n) is 5.51. The fourth-order valence-corrected chi connectivity index (χ4v) is 4.44. The van der Waals surface area contributed by atoms with Crippen LogP contribution in [0.3, 0.4) is 0 Å². The Morgan fingerprint density at radius 2 is 1.69 bits per heavy atom. The van der Waals surface area contributed by atoms with E-state index >= 15 is 0 Å². The maximum atomic E-state index is 11.8. The highest BCUT2D eigenvalue weighted by Crippen LogP contribution is 2.52. The van der Waals surface area contributed by atoms with Gasteiger partial charge in [0.15, 0.2) is 0 Å². The zero-order valence-corrected chi connectivity index (χ0v) is 15.6. The van der Waals surface area contributed by atoms with E-state index in [1.165, 1.54) is 17.1 Å². The van der Waals surface area contributed by atoms with Gasteiger partial charge in [-0.3, -0.25) is 18.8 Å². The molecule has 5 N–H and O–H groups in total. The molecule has 0 fully saturated rings. The molecule has 1 aromatic rings. The molecular weight excluding hydrogens is 388 g/mol. The Kier molecular flexibility index (Phi) is 7.26. The van der Waals surface area contributed by atoms with E-state index in [0.717, 1.165) is 12.2 Å². The molecule has 0 saturated heterocycles. The quantitative estimate of drug-likeness (QED) is 0.263. The number of rotatable bonds is 10. The van der Waals surface area contributed by atoms with Gasteiger partial charge >= 0.3 is 21.2 Å². The maximum Gasteiger partial charge on any atom is 0.346 e. The lowest BCUT2D eigenvalue weighted by Crippen LogP contribution is -2.52. The van der Waals surface area contributed by atoms with Crippen LogP contribution in [0.1, 0.15) is 5.69 Å². The van der Waals surface area contributed by atoms with Crippen molar-refractivity contribution in [3.8, 4) is 0 Å². The van der Waals surface area contributed by atoms with Crippen LogP contribution in [0.4, 0.5) is 0 Å². The number of carboxylic acids is 1. The number of carboxylic acid groups (broad SMARTS) is 1. The van der Waals surface area contributed by atoms with Gasteiger partial charge in [-0.25, -0.2) is 4.98 Å². The zero-order chi connectivity index (χ0) is 20.3. The minimum Gasteiger partial charge on any atom is -0.480 e. The second kappa shape index (κ2) is 8.41. The van der Waals surface area contributed by atoms with Gasteiger partial charge in [-0.05, 0) is 0 Å². The van der Waals surface area contributed by atoms with Gasteiger partial charge in [0.1, 0.15) is 17.6 Å². The molecule has 0 aliphatic rings. The van der Waals surface area contributed by atoms with Crippen LogP contribution < -0.4 is 0 Å². The summed E-state index contributed by atoms with van der Waals surface area (Å²) in [6.45, 7) is 6.53. The van der Waals surface area contributed by atoms with Crippen molar-refractivity contribution in [2.45, 2.75) is 24.0 Å². The molecule has 0 radical (unpaired) electrons. The minimum atomic E-state index is -5.03. The highest BCUT2D eigenvalue weighted by atomic mass is 31.2. The highest BCUT2D eigenvalue weighted by Gasteiger charge is 2.47. The number of hydrogen-bond donors (Lipinski definition) is 5. The second-order valence-corrected chi connectivity index (χ2v) is 8.93. The number of hydrogen-bond acceptors (Lipinski definition) is 5.